The van der Waals surface area contributed by atoms with Crippen LogP contribution in [0.4, 0.5) is 39.5 Å². The summed E-state index contributed by atoms with van der Waals surface area (Å²) >= 11 is 0. The molecule has 0 amide bonds. The Morgan fingerprint density at radius 3 is 0.875 bits per heavy atom. The van der Waals surface area contributed by atoms with Crippen LogP contribution < -0.4 is 0 Å². The maximum Gasteiger partial charge on any atom is 0.417 e. The zero-order valence-electron chi connectivity index (χ0n) is 24.8. The van der Waals surface area contributed by atoms with Gasteiger partial charge >= 0.3 is 36.4 Å². The molecule has 0 radical (unpaired) electrons. The molecular formula is C33H21F9O6. The van der Waals surface area contributed by atoms with Crippen LogP contribution in [0.25, 0.3) is 33.4 Å². The van der Waals surface area contributed by atoms with Crippen LogP contribution in [0.5, 0.6) is 0 Å². The van der Waals surface area contributed by atoms with Crippen molar-refractivity contribution in [2.75, 3.05) is 21.3 Å². The fraction of sp³-hybridized carbons (Fsp3) is 0.182. The van der Waals surface area contributed by atoms with Crippen molar-refractivity contribution in [2.45, 2.75) is 18.5 Å². The number of rotatable bonds is 6. The van der Waals surface area contributed by atoms with Gasteiger partial charge in [0.2, 0.25) is 0 Å². The van der Waals surface area contributed by atoms with Gasteiger partial charge in [-0.3, -0.25) is 0 Å². The highest BCUT2D eigenvalue weighted by atomic mass is 19.4. The van der Waals surface area contributed by atoms with Gasteiger partial charge in [-0.1, -0.05) is 36.4 Å². The highest BCUT2D eigenvalue weighted by Crippen LogP contribution is 2.57. The number of benzene rings is 4. The Bertz CT molecular complexity index is 1860. The second-order valence-electron chi connectivity index (χ2n) is 9.95. The Morgan fingerprint density at radius 2 is 0.625 bits per heavy atom. The molecule has 48 heavy (non-hydrogen) atoms. The third-order valence-electron chi connectivity index (χ3n) is 7.13. The number of esters is 3. The highest BCUT2D eigenvalue weighted by molar-refractivity contribution is 5.98. The van der Waals surface area contributed by atoms with Gasteiger partial charge in [0.1, 0.15) is 0 Å². The minimum Gasteiger partial charge on any atom is -0.465 e. The maximum absolute atomic E-state index is 15.3. The Morgan fingerprint density at radius 1 is 0.396 bits per heavy atom. The van der Waals surface area contributed by atoms with E-state index in [9.17, 15) is 27.6 Å². The molecule has 0 fully saturated rings. The second kappa shape index (κ2) is 13.0. The SMILES string of the molecule is COC(=O)c1ccc(-c2c(-c3ccc(C(=O)OC)cc3)c(C(F)(F)F)c(C(F)(F)F)c(-c3ccc(C(=O)OC)cc3)c2C(F)(F)F)cc1. The second-order valence-corrected chi connectivity index (χ2v) is 9.95. The van der Waals surface area contributed by atoms with Gasteiger partial charge in [0.05, 0.1) is 54.7 Å². The third kappa shape index (κ3) is 6.85. The Labute approximate surface area is 265 Å². The van der Waals surface area contributed by atoms with Gasteiger partial charge in [-0.15, -0.1) is 0 Å². The predicted octanol–water partition coefficient (Wildman–Crippen LogP) is 9.10. The zero-order valence-corrected chi connectivity index (χ0v) is 24.8. The molecule has 4 aromatic carbocycles. The first kappa shape index (κ1) is 35.5. The molecule has 0 unspecified atom stereocenters. The molecule has 0 atom stereocenters. The maximum atomic E-state index is 15.3. The van der Waals surface area contributed by atoms with Crippen LogP contribution in [0.3, 0.4) is 0 Å². The monoisotopic (exact) mass is 684 g/mol. The normalized spacial score (nSPS) is 12.0. The van der Waals surface area contributed by atoms with Crippen LogP contribution in [0.2, 0.25) is 0 Å². The van der Waals surface area contributed by atoms with Crippen LogP contribution in [0.1, 0.15) is 47.8 Å². The summed E-state index contributed by atoms with van der Waals surface area (Å²) in [6, 6.07) is 9.70. The lowest BCUT2D eigenvalue weighted by molar-refractivity contribution is -0.162. The number of carbonyl (C=O) groups is 3. The average molecular weight is 685 g/mol. The van der Waals surface area contributed by atoms with Gasteiger partial charge < -0.3 is 14.2 Å². The fourth-order valence-corrected chi connectivity index (χ4v) is 5.14. The smallest absolute Gasteiger partial charge is 0.417 e. The van der Waals surface area contributed by atoms with Gasteiger partial charge in [0.15, 0.2) is 0 Å². The van der Waals surface area contributed by atoms with Gasteiger partial charge in [0, 0.05) is 16.7 Å². The number of methoxy groups -OCH3 is 3. The lowest BCUT2D eigenvalue weighted by atomic mass is 9.78. The average Bonchev–Trinajstić information content (AvgIpc) is 3.04. The van der Waals surface area contributed by atoms with Crippen molar-refractivity contribution in [3.05, 3.63) is 106 Å². The molecule has 6 nitrogen and oxygen atoms in total. The molecule has 0 bridgehead atoms. The molecule has 15 heteroatoms. The standard InChI is InChI=1S/C33H21F9O6/c1-46-28(43)19-10-4-16(5-11-19)22-23(17-6-12-20(13-7-17)29(44)47-2)26(32(37,38)39)27(33(40,41)42)24(25(22)31(34,35)36)18-8-14-21(15-9-18)30(45)48-3/h4-15H,1-3H3. The number of hydrogen-bond donors (Lipinski definition) is 0. The van der Waals surface area contributed by atoms with Gasteiger partial charge in [-0.05, 0) is 53.1 Å². The van der Waals surface area contributed by atoms with Crippen molar-refractivity contribution in [1.29, 1.82) is 0 Å². The van der Waals surface area contributed by atoms with E-state index in [1.807, 2.05) is 0 Å². The fourth-order valence-electron chi connectivity index (χ4n) is 5.14. The Kier molecular flexibility index (Phi) is 9.65. The molecule has 0 aliphatic rings. The number of halogens is 9. The summed E-state index contributed by atoms with van der Waals surface area (Å²) in [5.74, 6) is -2.94. The summed E-state index contributed by atoms with van der Waals surface area (Å²) in [6.07, 6.45) is -17.7. The van der Waals surface area contributed by atoms with E-state index in [1.54, 1.807) is 0 Å². The summed E-state index contributed by atoms with van der Waals surface area (Å²) in [5.41, 5.74) is -15.0. The van der Waals surface area contributed by atoms with Crippen molar-refractivity contribution in [3.8, 4) is 33.4 Å². The van der Waals surface area contributed by atoms with E-state index in [0.29, 0.717) is 12.1 Å². The zero-order chi connectivity index (χ0) is 35.8. The summed E-state index contributed by atoms with van der Waals surface area (Å²) < 4.78 is 149. The molecule has 4 rings (SSSR count). The molecule has 0 aliphatic heterocycles. The largest absolute Gasteiger partial charge is 0.465 e. The van der Waals surface area contributed by atoms with Crippen molar-refractivity contribution < 1.29 is 68.1 Å². The highest BCUT2D eigenvalue weighted by Gasteiger charge is 2.52. The molecule has 0 heterocycles. The topological polar surface area (TPSA) is 78.9 Å². The first-order chi connectivity index (χ1) is 22.3. The van der Waals surface area contributed by atoms with E-state index < -0.39 is 86.5 Å². The molecule has 252 valence electrons. The number of hydrogen-bond acceptors (Lipinski definition) is 6. The van der Waals surface area contributed by atoms with Crippen LogP contribution in [-0.4, -0.2) is 39.2 Å². The van der Waals surface area contributed by atoms with Crippen molar-refractivity contribution >= 4 is 17.9 Å². The minimum absolute atomic E-state index is 0.222. The molecule has 0 saturated carbocycles. The molecular weight excluding hydrogens is 663 g/mol. The summed E-state index contributed by atoms with van der Waals surface area (Å²) in [5, 5.41) is 0. The molecule has 0 aliphatic carbocycles. The van der Waals surface area contributed by atoms with E-state index in [2.05, 4.69) is 14.2 Å². The first-order valence-corrected chi connectivity index (χ1v) is 13.4. The molecule has 0 saturated heterocycles. The number of carbonyl (C=O) groups excluding carboxylic acids is 3. The van der Waals surface area contributed by atoms with Crippen molar-refractivity contribution in [1.82, 2.24) is 0 Å². The van der Waals surface area contributed by atoms with Crippen LogP contribution in [-0.2, 0) is 32.7 Å². The van der Waals surface area contributed by atoms with Crippen molar-refractivity contribution in [2.24, 2.45) is 0 Å². The van der Waals surface area contributed by atoms with E-state index >= 15 is 26.3 Å². The Hall–Kier alpha value is -5.34. The molecule has 0 aromatic heterocycles. The quantitative estimate of drug-likeness (QED) is 0.115. The lowest BCUT2D eigenvalue weighted by Gasteiger charge is -2.30. The predicted molar refractivity (Wildman–Crippen MR) is 152 cm³/mol. The third-order valence-corrected chi connectivity index (χ3v) is 7.13. The molecule has 0 spiro atoms. The first-order valence-electron chi connectivity index (χ1n) is 13.4. The van der Waals surface area contributed by atoms with Crippen molar-refractivity contribution in [3.63, 3.8) is 0 Å². The minimum atomic E-state index is -6.03. The summed E-state index contributed by atoms with van der Waals surface area (Å²) in [7, 11) is 2.94. The number of ether oxygens (including phenoxy) is 3. The van der Waals surface area contributed by atoms with Crippen LogP contribution in [0.15, 0.2) is 72.8 Å². The van der Waals surface area contributed by atoms with Gasteiger partial charge in [0.25, 0.3) is 0 Å². The summed E-state index contributed by atoms with van der Waals surface area (Å²) in [4.78, 5) is 35.9. The molecule has 0 N–H and O–H groups in total. The lowest BCUT2D eigenvalue weighted by Crippen LogP contribution is -2.24. The molecule has 4 aromatic rings. The van der Waals surface area contributed by atoms with E-state index in [1.165, 1.54) is 0 Å². The van der Waals surface area contributed by atoms with Gasteiger partial charge in [-0.25, -0.2) is 14.4 Å². The van der Waals surface area contributed by atoms with Gasteiger partial charge in [-0.2, -0.15) is 39.5 Å². The van der Waals surface area contributed by atoms with E-state index in [0.717, 1.165) is 82.0 Å². The van der Waals surface area contributed by atoms with E-state index in [-0.39, 0.29) is 16.7 Å². The Balaban J connectivity index is 2.34. The van der Waals surface area contributed by atoms with E-state index in [4.69, 9.17) is 0 Å². The van der Waals surface area contributed by atoms with Crippen LogP contribution in [0, 0.1) is 0 Å². The van der Waals surface area contributed by atoms with Crippen LogP contribution >= 0.6 is 0 Å². The summed E-state index contributed by atoms with van der Waals surface area (Å²) in [6.45, 7) is 0. The number of alkyl halides is 9.